The topological polar surface area (TPSA) is 42.8 Å². The maximum atomic E-state index is 12.8. The molecule has 0 aliphatic carbocycles. The number of carbonyl (C=O) groups excluding carboxylic acids is 1. The smallest absolute Gasteiger partial charge is 0.255 e. The van der Waals surface area contributed by atoms with E-state index in [1.54, 1.807) is 11.8 Å². The zero-order valence-corrected chi connectivity index (χ0v) is 17.1. The summed E-state index contributed by atoms with van der Waals surface area (Å²) in [4.78, 5) is 16.5. The van der Waals surface area contributed by atoms with Crippen molar-refractivity contribution in [1.29, 1.82) is 0 Å². The van der Waals surface area contributed by atoms with Gasteiger partial charge in [-0.15, -0.1) is 0 Å². The highest BCUT2D eigenvalue weighted by Crippen LogP contribution is 2.33. The summed E-state index contributed by atoms with van der Waals surface area (Å²) in [6.07, 6.45) is 0. The van der Waals surface area contributed by atoms with Crippen LogP contribution in [0.1, 0.15) is 15.9 Å². The van der Waals surface area contributed by atoms with Gasteiger partial charge < -0.3 is 15.0 Å². The zero-order valence-electron chi connectivity index (χ0n) is 16.3. The molecule has 0 atom stereocenters. The van der Waals surface area contributed by atoms with E-state index in [9.17, 15) is 4.79 Å². The molecule has 3 aromatic rings. The zero-order chi connectivity index (χ0) is 19.9. The third kappa shape index (κ3) is 5.48. The second kappa shape index (κ2) is 9.74. The fourth-order valence-electron chi connectivity index (χ4n) is 3.37. The first-order chi connectivity index (χ1) is 14.3. The van der Waals surface area contributed by atoms with Crippen molar-refractivity contribution in [2.75, 3.05) is 31.6 Å². The Morgan fingerprint density at radius 3 is 2.34 bits per heavy atom. The number of para-hydroxylation sites is 1. The van der Waals surface area contributed by atoms with Crippen LogP contribution in [-0.2, 0) is 11.3 Å². The van der Waals surface area contributed by atoms with Crippen LogP contribution in [0.4, 0.5) is 5.69 Å². The summed E-state index contributed by atoms with van der Waals surface area (Å²) < 4.78 is 5.42. The SMILES string of the molecule is O=C(Nc1ccccc1Sc1ccccc1)c1ccc(C[NH+]2CCOCC2)cc1. The number of amides is 1. The van der Waals surface area contributed by atoms with Gasteiger partial charge in [0.2, 0.25) is 0 Å². The van der Waals surface area contributed by atoms with Crippen molar-refractivity contribution in [3.8, 4) is 0 Å². The standard InChI is InChI=1S/C24H24N2O2S/c27-24(20-12-10-19(11-13-20)18-26-14-16-28-17-15-26)25-22-8-4-5-9-23(22)29-21-6-2-1-3-7-21/h1-13H,14-18H2,(H,25,27)/p+1. The van der Waals surface area contributed by atoms with Crippen molar-refractivity contribution >= 4 is 23.4 Å². The number of hydrogen-bond acceptors (Lipinski definition) is 3. The van der Waals surface area contributed by atoms with Crippen LogP contribution in [0.15, 0.2) is 88.7 Å². The molecule has 148 valence electrons. The molecule has 1 fully saturated rings. The van der Waals surface area contributed by atoms with Gasteiger partial charge in [0.15, 0.2) is 0 Å². The minimum atomic E-state index is -0.0867. The number of benzene rings is 3. The van der Waals surface area contributed by atoms with E-state index < -0.39 is 0 Å². The molecule has 1 amide bonds. The summed E-state index contributed by atoms with van der Waals surface area (Å²) in [6.45, 7) is 4.71. The van der Waals surface area contributed by atoms with Crippen LogP contribution >= 0.6 is 11.8 Å². The molecule has 4 nitrogen and oxygen atoms in total. The number of nitrogens with one attached hydrogen (secondary N) is 2. The van der Waals surface area contributed by atoms with Gasteiger partial charge in [0.05, 0.1) is 18.9 Å². The van der Waals surface area contributed by atoms with Gasteiger partial charge in [-0.2, -0.15) is 0 Å². The van der Waals surface area contributed by atoms with Crippen molar-refractivity contribution < 1.29 is 14.4 Å². The maximum Gasteiger partial charge on any atom is 0.255 e. The van der Waals surface area contributed by atoms with Gasteiger partial charge >= 0.3 is 0 Å². The Labute approximate surface area is 175 Å². The van der Waals surface area contributed by atoms with E-state index in [4.69, 9.17) is 4.74 Å². The van der Waals surface area contributed by atoms with Crippen molar-refractivity contribution in [2.24, 2.45) is 0 Å². The molecule has 0 bridgehead atoms. The minimum Gasteiger partial charge on any atom is -0.370 e. The van der Waals surface area contributed by atoms with Crippen molar-refractivity contribution in [1.82, 2.24) is 0 Å². The summed E-state index contributed by atoms with van der Waals surface area (Å²) in [5, 5.41) is 3.07. The van der Waals surface area contributed by atoms with Crippen molar-refractivity contribution in [2.45, 2.75) is 16.3 Å². The molecule has 29 heavy (non-hydrogen) atoms. The Kier molecular flexibility index (Phi) is 6.62. The third-order valence-corrected chi connectivity index (χ3v) is 6.06. The first-order valence-electron chi connectivity index (χ1n) is 9.91. The lowest BCUT2D eigenvalue weighted by Gasteiger charge is -2.23. The van der Waals surface area contributed by atoms with Gasteiger partial charge in [0.1, 0.15) is 19.6 Å². The van der Waals surface area contributed by atoms with Crippen LogP contribution in [0.5, 0.6) is 0 Å². The van der Waals surface area contributed by atoms with Crippen LogP contribution in [0.2, 0.25) is 0 Å². The predicted molar refractivity (Wildman–Crippen MR) is 117 cm³/mol. The highest BCUT2D eigenvalue weighted by atomic mass is 32.2. The molecule has 1 aliphatic rings. The van der Waals surface area contributed by atoms with Gasteiger partial charge in [-0.3, -0.25) is 4.79 Å². The van der Waals surface area contributed by atoms with Gasteiger partial charge in [-0.1, -0.05) is 54.2 Å². The summed E-state index contributed by atoms with van der Waals surface area (Å²) in [6, 6.07) is 26.0. The van der Waals surface area contributed by atoms with Crippen LogP contribution in [0.3, 0.4) is 0 Å². The number of ether oxygens (including phenoxy) is 1. The Morgan fingerprint density at radius 1 is 0.897 bits per heavy atom. The molecule has 0 saturated carbocycles. The molecule has 0 radical (unpaired) electrons. The lowest BCUT2D eigenvalue weighted by atomic mass is 10.1. The fraction of sp³-hybridized carbons (Fsp3) is 0.208. The number of quaternary nitrogens is 1. The average molecular weight is 406 g/mol. The lowest BCUT2D eigenvalue weighted by molar-refractivity contribution is -0.921. The van der Waals surface area contributed by atoms with E-state index in [-0.39, 0.29) is 5.91 Å². The maximum absolute atomic E-state index is 12.8. The molecule has 0 aromatic heterocycles. The average Bonchev–Trinajstić information content (AvgIpc) is 2.77. The van der Waals surface area contributed by atoms with Gasteiger partial charge in [-0.25, -0.2) is 0 Å². The molecule has 3 aromatic carbocycles. The lowest BCUT2D eigenvalue weighted by Crippen LogP contribution is -3.12. The molecular weight excluding hydrogens is 380 g/mol. The van der Waals surface area contributed by atoms with E-state index in [0.29, 0.717) is 5.56 Å². The molecule has 1 saturated heterocycles. The van der Waals surface area contributed by atoms with Crippen LogP contribution < -0.4 is 10.2 Å². The summed E-state index contributed by atoms with van der Waals surface area (Å²) in [5.74, 6) is -0.0867. The quantitative estimate of drug-likeness (QED) is 0.660. The Morgan fingerprint density at radius 2 is 1.59 bits per heavy atom. The normalized spacial score (nSPS) is 14.5. The van der Waals surface area contributed by atoms with Crippen LogP contribution in [0, 0.1) is 0 Å². The first kappa shape index (κ1) is 19.7. The number of hydrogen-bond donors (Lipinski definition) is 2. The summed E-state index contributed by atoms with van der Waals surface area (Å²) in [7, 11) is 0. The number of rotatable bonds is 6. The van der Waals surface area contributed by atoms with Gasteiger partial charge in [0.25, 0.3) is 5.91 Å². The molecule has 1 heterocycles. The fourth-order valence-corrected chi connectivity index (χ4v) is 4.29. The highest BCUT2D eigenvalue weighted by molar-refractivity contribution is 7.99. The molecule has 0 spiro atoms. The van der Waals surface area contributed by atoms with Crippen molar-refractivity contribution in [3.63, 3.8) is 0 Å². The van der Waals surface area contributed by atoms with E-state index in [1.165, 1.54) is 10.5 Å². The highest BCUT2D eigenvalue weighted by Gasteiger charge is 2.15. The van der Waals surface area contributed by atoms with E-state index in [0.717, 1.165) is 48.3 Å². The first-order valence-corrected chi connectivity index (χ1v) is 10.7. The van der Waals surface area contributed by atoms with E-state index >= 15 is 0 Å². The Balaban J connectivity index is 1.41. The number of morpholine rings is 1. The second-order valence-corrected chi connectivity index (χ2v) is 8.22. The second-order valence-electron chi connectivity index (χ2n) is 7.10. The van der Waals surface area contributed by atoms with E-state index in [2.05, 4.69) is 29.6 Å². The predicted octanol–water partition coefficient (Wildman–Crippen LogP) is 3.51. The Bertz CT molecular complexity index is 939. The van der Waals surface area contributed by atoms with Gasteiger partial charge in [0, 0.05) is 20.9 Å². The molecule has 0 unspecified atom stereocenters. The molecule has 5 heteroatoms. The molecular formula is C24H25N2O2S+. The van der Waals surface area contributed by atoms with Crippen molar-refractivity contribution in [3.05, 3.63) is 90.0 Å². The molecule has 2 N–H and O–H groups in total. The van der Waals surface area contributed by atoms with Crippen LogP contribution in [-0.4, -0.2) is 32.2 Å². The van der Waals surface area contributed by atoms with E-state index in [1.807, 2.05) is 54.6 Å². The minimum absolute atomic E-state index is 0.0867. The number of anilines is 1. The molecule has 1 aliphatic heterocycles. The largest absolute Gasteiger partial charge is 0.370 e. The van der Waals surface area contributed by atoms with Crippen LogP contribution in [0.25, 0.3) is 0 Å². The molecule has 4 rings (SSSR count). The monoisotopic (exact) mass is 405 g/mol. The van der Waals surface area contributed by atoms with Gasteiger partial charge in [-0.05, 0) is 36.4 Å². The summed E-state index contributed by atoms with van der Waals surface area (Å²) >= 11 is 1.65. The Hall–Kier alpha value is -2.60. The summed E-state index contributed by atoms with van der Waals surface area (Å²) in [5.41, 5.74) is 2.75. The number of carbonyl (C=O) groups is 1. The third-order valence-electron chi connectivity index (χ3n) is 4.98.